The van der Waals surface area contributed by atoms with Gasteiger partial charge in [0.2, 0.25) is 23.6 Å². The minimum atomic E-state index is -0.982. The highest BCUT2D eigenvalue weighted by Crippen LogP contribution is 2.10. The Hall–Kier alpha value is -2.85. The van der Waals surface area contributed by atoms with Crippen molar-refractivity contribution in [2.45, 2.75) is 128 Å². The molecule has 15 nitrogen and oxygen atoms in total. The summed E-state index contributed by atoms with van der Waals surface area (Å²) in [5.41, 5.74) is 5.95. The molecule has 0 aromatic heterocycles. The first-order valence-corrected chi connectivity index (χ1v) is 16.9. The van der Waals surface area contributed by atoms with Crippen LogP contribution >= 0.6 is 0 Å². The third-order valence-corrected chi connectivity index (χ3v) is 7.02. The van der Waals surface area contributed by atoms with Crippen LogP contribution in [0, 0.1) is 0 Å². The molecule has 0 spiro atoms. The zero-order valence-corrected chi connectivity index (χ0v) is 29.3. The Bertz CT molecular complexity index is 805. The molecule has 0 saturated heterocycles. The average molecular weight is 679 g/mol. The Morgan fingerprint density at radius 3 is 1.79 bits per heavy atom. The largest absolute Gasteiger partial charge is 0.481 e. The predicted molar refractivity (Wildman–Crippen MR) is 182 cm³/mol. The molecule has 3 atom stereocenters. The lowest BCUT2D eigenvalue weighted by Crippen LogP contribution is -2.51. The summed E-state index contributed by atoms with van der Waals surface area (Å²) in [6.45, 7) is 5.12. The van der Waals surface area contributed by atoms with Gasteiger partial charge in [0.15, 0.2) is 0 Å². The van der Waals surface area contributed by atoms with Crippen LogP contribution in [0.3, 0.4) is 0 Å². The van der Waals surface area contributed by atoms with E-state index < -0.39 is 35.9 Å². The number of carboxylic acids is 1. The third kappa shape index (κ3) is 32.9. The number of carboxylic acid groups (broad SMARTS) is 1. The lowest BCUT2D eigenvalue weighted by molar-refractivity contribution is -0.137. The number of aliphatic hydroxyl groups excluding tert-OH is 3. The fourth-order valence-corrected chi connectivity index (χ4v) is 4.31. The first-order valence-electron chi connectivity index (χ1n) is 16.9. The van der Waals surface area contributed by atoms with Crippen LogP contribution in [0.2, 0.25) is 0 Å². The topological polar surface area (TPSA) is 252 Å². The molecule has 15 heteroatoms. The predicted octanol–water partition coefficient (Wildman–Crippen LogP) is 0.291. The number of rotatable bonds is 28. The van der Waals surface area contributed by atoms with Crippen LogP contribution in [0.15, 0.2) is 0 Å². The van der Waals surface area contributed by atoms with Crippen LogP contribution in [0.25, 0.3) is 0 Å². The molecule has 2 unspecified atom stereocenters. The molecule has 47 heavy (non-hydrogen) atoms. The molecule has 0 aromatic rings. The van der Waals surface area contributed by atoms with Gasteiger partial charge < -0.3 is 52.7 Å². The minimum Gasteiger partial charge on any atom is -0.481 e. The van der Waals surface area contributed by atoms with Crippen molar-refractivity contribution in [1.82, 2.24) is 26.6 Å². The molecule has 0 heterocycles. The van der Waals surface area contributed by atoms with Crippen LogP contribution in [0.1, 0.15) is 110 Å². The standard InChI is InChI=1S/C30H58N6O7.2CH4O/c1-3-4-5-6-7-8-9-10-11-13-26(38)33-21-20-32-18-17-25(31)30(43)35-23(2)29(42)34-19-16-24(22-37)36-27(39)14-12-15-28(40)41;2*1-2/h23-25,32,37H,3-22,31H2,1-2H3,(H,33,38)(H,34,42)(H,35,43)(H,36,39)(H,40,41);2*2H,1H3/t23-,24?,25?;;/m1../s1. The highest BCUT2D eigenvalue weighted by atomic mass is 16.4. The molecule has 0 aliphatic carbocycles. The summed E-state index contributed by atoms with van der Waals surface area (Å²) in [5.74, 6) is -2.19. The van der Waals surface area contributed by atoms with Crippen molar-refractivity contribution in [3.05, 3.63) is 0 Å². The summed E-state index contributed by atoms with van der Waals surface area (Å²) < 4.78 is 0. The van der Waals surface area contributed by atoms with E-state index in [2.05, 4.69) is 33.5 Å². The Balaban J connectivity index is -0.00000464. The van der Waals surface area contributed by atoms with E-state index in [0.717, 1.165) is 27.1 Å². The van der Waals surface area contributed by atoms with E-state index >= 15 is 0 Å². The highest BCUT2D eigenvalue weighted by molar-refractivity contribution is 5.89. The number of nitrogens with one attached hydrogen (secondary N) is 5. The van der Waals surface area contributed by atoms with Crippen LogP contribution in [0.5, 0.6) is 0 Å². The van der Waals surface area contributed by atoms with Crippen molar-refractivity contribution in [1.29, 1.82) is 0 Å². The fraction of sp³-hybridized carbons (Fsp3) is 0.844. The van der Waals surface area contributed by atoms with Crippen LogP contribution in [0.4, 0.5) is 0 Å². The first kappa shape index (κ1) is 48.5. The van der Waals surface area contributed by atoms with Gasteiger partial charge in [-0.25, -0.2) is 0 Å². The van der Waals surface area contributed by atoms with E-state index in [1.165, 1.54) is 51.9 Å². The van der Waals surface area contributed by atoms with E-state index in [1.807, 2.05) is 0 Å². The molecule has 0 aliphatic rings. The van der Waals surface area contributed by atoms with Crippen molar-refractivity contribution in [3.8, 4) is 0 Å². The Kier molecular flexibility index (Phi) is 37.2. The molecule has 0 aliphatic heterocycles. The van der Waals surface area contributed by atoms with Crippen LogP contribution in [-0.4, -0.2) is 115 Å². The van der Waals surface area contributed by atoms with Crippen LogP contribution in [-0.2, 0) is 24.0 Å². The van der Waals surface area contributed by atoms with Crippen molar-refractivity contribution in [2.75, 3.05) is 47.0 Å². The van der Waals surface area contributed by atoms with Gasteiger partial charge in [-0.1, -0.05) is 58.3 Å². The summed E-state index contributed by atoms with van der Waals surface area (Å²) in [7, 11) is 2.00. The molecule has 0 bridgehead atoms. The monoisotopic (exact) mass is 678 g/mol. The molecule has 0 fully saturated rings. The SMILES string of the molecule is CCCCCCCCCCCC(=O)NCCNCCC(N)C(=O)N[C@H](C)C(=O)NCCC(CO)NC(=O)CCCC(=O)O.CO.CO. The molecule has 278 valence electrons. The number of amides is 4. The van der Waals surface area contributed by atoms with E-state index in [-0.39, 0.29) is 50.6 Å². The molecule has 0 rings (SSSR count). The lowest BCUT2D eigenvalue weighted by atomic mass is 10.1. The summed E-state index contributed by atoms with van der Waals surface area (Å²) in [6, 6.07) is -2.22. The van der Waals surface area contributed by atoms with Crippen molar-refractivity contribution >= 4 is 29.6 Å². The Morgan fingerprint density at radius 2 is 1.21 bits per heavy atom. The highest BCUT2D eigenvalue weighted by Gasteiger charge is 2.20. The zero-order chi connectivity index (χ0) is 36.3. The summed E-state index contributed by atoms with van der Waals surface area (Å²) in [4.78, 5) is 59.0. The normalized spacial score (nSPS) is 12.2. The molecule has 0 aromatic carbocycles. The van der Waals surface area contributed by atoms with Crippen molar-refractivity contribution in [3.63, 3.8) is 0 Å². The van der Waals surface area contributed by atoms with Gasteiger partial charge in [-0.2, -0.15) is 0 Å². The van der Waals surface area contributed by atoms with E-state index in [1.54, 1.807) is 0 Å². The number of hydrogen-bond donors (Lipinski definition) is 10. The number of nitrogens with two attached hydrogens (primary N) is 1. The van der Waals surface area contributed by atoms with E-state index in [9.17, 15) is 29.1 Å². The number of aliphatic hydroxyl groups is 3. The van der Waals surface area contributed by atoms with Gasteiger partial charge in [0.1, 0.15) is 6.04 Å². The van der Waals surface area contributed by atoms with Gasteiger partial charge in [0.05, 0.1) is 18.7 Å². The quantitative estimate of drug-likeness (QED) is 0.0504. The molecular formula is C32H66N6O9. The van der Waals surface area contributed by atoms with E-state index in [0.29, 0.717) is 32.5 Å². The summed E-state index contributed by atoms with van der Waals surface area (Å²) >= 11 is 0. The lowest BCUT2D eigenvalue weighted by Gasteiger charge is -2.19. The molecule has 0 saturated carbocycles. The molecular weight excluding hydrogens is 612 g/mol. The minimum absolute atomic E-state index is 0.0317. The third-order valence-electron chi connectivity index (χ3n) is 7.02. The maximum absolute atomic E-state index is 12.4. The number of carbonyl (C=O) groups is 5. The number of unbranched alkanes of at least 4 members (excludes halogenated alkanes) is 8. The Morgan fingerprint density at radius 1 is 0.638 bits per heavy atom. The van der Waals surface area contributed by atoms with Crippen molar-refractivity contribution < 1.29 is 44.4 Å². The second kappa shape index (κ2) is 36.0. The fourth-order valence-electron chi connectivity index (χ4n) is 4.31. The average Bonchev–Trinajstić information content (AvgIpc) is 3.06. The van der Waals surface area contributed by atoms with Gasteiger partial charge >= 0.3 is 5.97 Å². The number of aliphatic carboxylic acids is 1. The number of hydrogen-bond acceptors (Lipinski definition) is 10. The van der Waals surface area contributed by atoms with Gasteiger partial charge in [0, 0.05) is 53.1 Å². The van der Waals surface area contributed by atoms with E-state index in [4.69, 9.17) is 21.1 Å². The summed E-state index contributed by atoms with van der Waals surface area (Å²) in [6.07, 6.45) is 12.2. The molecule has 4 amide bonds. The van der Waals surface area contributed by atoms with Gasteiger partial charge in [-0.05, 0) is 39.2 Å². The molecule has 11 N–H and O–H groups in total. The van der Waals surface area contributed by atoms with Gasteiger partial charge in [-0.3, -0.25) is 24.0 Å². The van der Waals surface area contributed by atoms with Crippen molar-refractivity contribution in [2.24, 2.45) is 5.73 Å². The smallest absolute Gasteiger partial charge is 0.303 e. The van der Waals surface area contributed by atoms with Crippen LogP contribution < -0.4 is 32.3 Å². The zero-order valence-electron chi connectivity index (χ0n) is 29.3. The van der Waals surface area contributed by atoms with Gasteiger partial charge in [0.25, 0.3) is 0 Å². The summed E-state index contributed by atoms with van der Waals surface area (Å²) in [5, 5.41) is 46.0. The second-order valence-corrected chi connectivity index (χ2v) is 11.1. The molecule has 0 radical (unpaired) electrons. The Labute approximate surface area is 281 Å². The first-order chi connectivity index (χ1) is 22.6. The number of carbonyl (C=O) groups excluding carboxylic acids is 4. The maximum atomic E-state index is 12.4. The van der Waals surface area contributed by atoms with Gasteiger partial charge in [-0.15, -0.1) is 0 Å². The maximum Gasteiger partial charge on any atom is 0.303 e. The second-order valence-electron chi connectivity index (χ2n) is 11.1.